The van der Waals surface area contributed by atoms with E-state index in [9.17, 15) is 4.79 Å². The molecule has 1 heterocycles. The molecule has 1 aromatic carbocycles. The second-order valence-corrected chi connectivity index (χ2v) is 6.40. The Kier molecular flexibility index (Phi) is 4.77. The van der Waals surface area contributed by atoms with Crippen LogP contribution >= 0.6 is 39.3 Å². The lowest BCUT2D eigenvalue weighted by molar-refractivity contribution is 0.0767. The highest BCUT2D eigenvalue weighted by Crippen LogP contribution is 2.23. The predicted octanol–water partition coefficient (Wildman–Crippen LogP) is 3.68. The summed E-state index contributed by atoms with van der Waals surface area (Å²) in [5, 5.41) is 0.639. The lowest BCUT2D eigenvalue weighted by Crippen LogP contribution is -2.33. The minimum atomic E-state index is 0.0936. The highest BCUT2D eigenvalue weighted by atomic mass is 79.9. The lowest BCUT2D eigenvalue weighted by atomic mass is 10.2. The topological polar surface area (TPSA) is 20.3 Å². The van der Waals surface area contributed by atoms with Crippen LogP contribution in [0.5, 0.6) is 0 Å². The Morgan fingerprint density at radius 3 is 2.94 bits per heavy atom. The molecule has 0 bridgehead atoms. The standard InChI is InChI=1S/C12H13BrClNOS/c13-11-8-9(14)2-3-10(11)12(16)15-4-1-6-17-7-5-15/h2-3,8H,1,4-7H2. The van der Waals surface area contributed by atoms with E-state index in [4.69, 9.17) is 11.6 Å². The van der Waals surface area contributed by atoms with E-state index in [0.717, 1.165) is 35.5 Å². The number of hydrogen-bond acceptors (Lipinski definition) is 2. The Bertz CT molecular complexity index is 419. The molecular formula is C12H13BrClNOS. The molecule has 0 unspecified atom stereocenters. The molecule has 17 heavy (non-hydrogen) atoms. The number of rotatable bonds is 1. The average Bonchev–Trinajstić information content (AvgIpc) is 2.56. The Morgan fingerprint density at radius 1 is 1.35 bits per heavy atom. The molecule has 1 fully saturated rings. The zero-order valence-electron chi connectivity index (χ0n) is 9.29. The quantitative estimate of drug-likeness (QED) is 0.781. The number of carbonyl (C=O) groups excluding carboxylic acids is 1. The van der Waals surface area contributed by atoms with Gasteiger partial charge in [-0.2, -0.15) is 11.8 Å². The lowest BCUT2D eigenvalue weighted by Gasteiger charge is -2.20. The second kappa shape index (κ2) is 6.12. The molecule has 5 heteroatoms. The van der Waals surface area contributed by atoms with Crippen LogP contribution in [0.15, 0.2) is 22.7 Å². The van der Waals surface area contributed by atoms with Gasteiger partial charge in [-0.25, -0.2) is 0 Å². The molecule has 0 aliphatic carbocycles. The summed E-state index contributed by atoms with van der Waals surface area (Å²) in [5.74, 6) is 2.26. The first-order valence-corrected chi connectivity index (χ1v) is 7.83. The fourth-order valence-corrected chi connectivity index (χ4v) is 3.52. The Morgan fingerprint density at radius 2 is 2.18 bits per heavy atom. The van der Waals surface area contributed by atoms with E-state index in [0.29, 0.717) is 10.6 Å². The van der Waals surface area contributed by atoms with Crippen LogP contribution in [0.2, 0.25) is 5.02 Å². The molecule has 0 aromatic heterocycles. The van der Waals surface area contributed by atoms with Crippen molar-refractivity contribution in [1.82, 2.24) is 4.90 Å². The molecule has 1 aliphatic heterocycles. The Balaban J connectivity index is 2.17. The first-order chi connectivity index (χ1) is 8.18. The largest absolute Gasteiger partial charge is 0.338 e. The van der Waals surface area contributed by atoms with Crippen molar-refractivity contribution in [1.29, 1.82) is 0 Å². The van der Waals surface area contributed by atoms with Crippen molar-refractivity contribution < 1.29 is 4.79 Å². The van der Waals surface area contributed by atoms with Gasteiger partial charge in [-0.05, 0) is 46.3 Å². The average molecular weight is 335 g/mol. The maximum absolute atomic E-state index is 12.3. The molecule has 0 atom stereocenters. The van der Waals surface area contributed by atoms with Gasteiger partial charge in [-0.15, -0.1) is 0 Å². The predicted molar refractivity (Wildman–Crippen MR) is 77.0 cm³/mol. The van der Waals surface area contributed by atoms with Gasteiger partial charge in [0.25, 0.3) is 5.91 Å². The summed E-state index contributed by atoms with van der Waals surface area (Å²) in [4.78, 5) is 14.3. The van der Waals surface area contributed by atoms with Crippen LogP contribution < -0.4 is 0 Å². The number of hydrogen-bond donors (Lipinski definition) is 0. The maximum Gasteiger partial charge on any atom is 0.255 e. The van der Waals surface area contributed by atoms with Crippen molar-refractivity contribution in [2.45, 2.75) is 6.42 Å². The maximum atomic E-state index is 12.3. The van der Waals surface area contributed by atoms with Gasteiger partial charge in [0.05, 0.1) is 5.56 Å². The highest BCUT2D eigenvalue weighted by Gasteiger charge is 2.19. The van der Waals surface area contributed by atoms with Crippen LogP contribution in [0.25, 0.3) is 0 Å². The van der Waals surface area contributed by atoms with Gasteiger partial charge < -0.3 is 4.90 Å². The molecule has 1 amide bonds. The van der Waals surface area contributed by atoms with E-state index < -0.39 is 0 Å². The van der Waals surface area contributed by atoms with Crippen LogP contribution in [0, 0.1) is 0 Å². The molecule has 0 radical (unpaired) electrons. The number of benzene rings is 1. The van der Waals surface area contributed by atoms with Crippen LogP contribution in [-0.4, -0.2) is 35.4 Å². The van der Waals surface area contributed by atoms with Crippen molar-refractivity contribution in [2.24, 2.45) is 0 Å². The third kappa shape index (κ3) is 3.39. The fourth-order valence-electron chi connectivity index (χ4n) is 1.78. The smallest absolute Gasteiger partial charge is 0.255 e. The Hall–Kier alpha value is -0.190. The van der Waals surface area contributed by atoms with Crippen molar-refractivity contribution >= 4 is 45.2 Å². The number of halogens is 2. The van der Waals surface area contributed by atoms with E-state index in [2.05, 4.69) is 15.9 Å². The van der Waals surface area contributed by atoms with Gasteiger partial charge in [0.1, 0.15) is 0 Å². The van der Waals surface area contributed by atoms with Gasteiger partial charge in [0.2, 0.25) is 0 Å². The molecule has 0 N–H and O–H groups in total. The molecular weight excluding hydrogens is 322 g/mol. The van der Waals surface area contributed by atoms with Gasteiger partial charge in [0.15, 0.2) is 0 Å². The summed E-state index contributed by atoms with van der Waals surface area (Å²) in [6.45, 7) is 1.68. The fraction of sp³-hybridized carbons (Fsp3) is 0.417. The number of nitrogens with zero attached hydrogens (tertiary/aromatic N) is 1. The summed E-state index contributed by atoms with van der Waals surface area (Å²) in [6.07, 6.45) is 1.07. The zero-order valence-corrected chi connectivity index (χ0v) is 12.4. The SMILES string of the molecule is O=C(c1ccc(Cl)cc1Br)N1CCCSCC1. The van der Waals surface area contributed by atoms with E-state index >= 15 is 0 Å². The zero-order chi connectivity index (χ0) is 12.3. The van der Waals surface area contributed by atoms with Gasteiger partial charge in [-0.1, -0.05) is 11.6 Å². The first kappa shape index (κ1) is 13.2. The minimum Gasteiger partial charge on any atom is -0.338 e. The van der Waals surface area contributed by atoms with Crippen LogP contribution in [-0.2, 0) is 0 Å². The summed E-state index contributed by atoms with van der Waals surface area (Å²) in [5.41, 5.74) is 0.696. The molecule has 2 rings (SSSR count). The summed E-state index contributed by atoms with van der Waals surface area (Å²) >= 11 is 11.2. The monoisotopic (exact) mass is 333 g/mol. The van der Waals surface area contributed by atoms with E-state index in [1.807, 2.05) is 16.7 Å². The minimum absolute atomic E-state index is 0.0936. The van der Waals surface area contributed by atoms with Crippen molar-refractivity contribution in [2.75, 3.05) is 24.6 Å². The molecule has 1 aliphatic rings. The molecule has 1 saturated heterocycles. The number of thioether (sulfide) groups is 1. The van der Waals surface area contributed by atoms with E-state index in [1.165, 1.54) is 0 Å². The summed E-state index contributed by atoms with van der Waals surface area (Å²) < 4.78 is 0.770. The van der Waals surface area contributed by atoms with E-state index in [-0.39, 0.29) is 5.91 Å². The second-order valence-electron chi connectivity index (χ2n) is 3.88. The normalized spacial score (nSPS) is 16.7. The van der Waals surface area contributed by atoms with E-state index in [1.54, 1.807) is 18.2 Å². The van der Waals surface area contributed by atoms with Gasteiger partial charge >= 0.3 is 0 Å². The Labute approximate surface area is 119 Å². The molecule has 92 valence electrons. The summed E-state index contributed by atoms with van der Waals surface area (Å²) in [6, 6.07) is 5.31. The molecule has 1 aromatic rings. The molecule has 2 nitrogen and oxygen atoms in total. The highest BCUT2D eigenvalue weighted by molar-refractivity contribution is 9.10. The van der Waals surface area contributed by atoms with Gasteiger partial charge in [0, 0.05) is 28.3 Å². The van der Waals surface area contributed by atoms with Crippen molar-refractivity contribution in [3.8, 4) is 0 Å². The molecule has 0 spiro atoms. The van der Waals surface area contributed by atoms with Crippen LogP contribution in [0.1, 0.15) is 16.8 Å². The molecule has 0 saturated carbocycles. The first-order valence-electron chi connectivity index (χ1n) is 5.50. The third-order valence-corrected chi connectivity index (χ3v) is 4.61. The van der Waals surface area contributed by atoms with Crippen LogP contribution in [0.3, 0.4) is 0 Å². The van der Waals surface area contributed by atoms with Gasteiger partial charge in [-0.3, -0.25) is 4.79 Å². The third-order valence-electron chi connectivity index (χ3n) is 2.67. The van der Waals surface area contributed by atoms with Crippen molar-refractivity contribution in [3.63, 3.8) is 0 Å². The van der Waals surface area contributed by atoms with Crippen LogP contribution in [0.4, 0.5) is 0 Å². The number of carbonyl (C=O) groups is 1. The van der Waals surface area contributed by atoms with Crippen molar-refractivity contribution in [3.05, 3.63) is 33.3 Å². The summed E-state index contributed by atoms with van der Waals surface area (Å²) in [7, 11) is 0. The number of amides is 1.